The predicted molar refractivity (Wildman–Crippen MR) is 114 cm³/mol. The zero-order chi connectivity index (χ0) is 20.9. The third-order valence-electron chi connectivity index (χ3n) is 4.74. The maximum Gasteiger partial charge on any atom is 0.314 e. The van der Waals surface area contributed by atoms with Gasteiger partial charge in [-0.25, -0.2) is 9.67 Å². The highest BCUT2D eigenvalue weighted by Gasteiger charge is 2.26. The van der Waals surface area contributed by atoms with Crippen LogP contribution in [0.5, 0.6) is 5.75 Å². The van der Waals surface area contributed by atoms with Crippen LogP contribution in [-0.4, -0.2) is 44.8 Å². The highest BCUT2D eigenvalue weighted by Crippen LogP contribution is 2.36. The molecule has 2 amide bonds. The molecule has 10 heteroatoms. The summed E-state index contributed by atoms with van der Waals surface area (Å²) in [7, 11) is 1.61. The Morgan fingerprint density at radius 2 is 2.03 bits per heavy atom. The third-order valence-corrected chi connectivity index (χ3v) is 5.72. The Labute approximate surface area is 177 Å². The summed E-state index contributed by atoms with van der Waals surface area (Å²) in [5, 5.41) is 10.1. The number of imidazole rings is 1. The first kappa shape index (κ1) is 20.0. The largest absolute Gasteiger partial charge is 0.497 e. The summed E-state index contributed by atoms with van der Waals surface area (Å²) in [4.78, 5) is 28.8. The van der Waals surface area contributed by atoms with Crippen molar-refractivity contribution in [2.45, 2.75) is 24.5 Å². The number of carbonyl (C=O) groups is 2. The second-order valence-corrected chi connectivity index (χ2v) is 7.73. The number of nitrogens with one attached hydrogen (secondary N) is 2. The van der Waals surface area contributed by atoms with Crippen LogP contribution in [-0.2, 0) is 27.6 Å². The number of hydrogen-bond donors (Lipinski definition) is 2. The number of hydrogen-bond acceptors (Lipinski definition) is 6. The molecule has 4 rings (SSSR count). The molecule has 30 heavy (non-hydrogen) atoms. The number of aryl methyl sites for hydroxylation is 1. The molecule has 3 aromatic rings. The molecule has 1 aliphatic rings. The van der Waals surface area contributed by atoms with Crippen LogP contribution in [0.25, 0.3) is 5.69 Å². The lowest BCUT2D eigenvalue weighted by Gasteiger charge is -2.11. The van der Waals surface area contributed by atoms with Crippen molar-refractivity contribution in [2.75, 3.05) is 19.0 Å². The maximum absolute atomic E-state index is 12.5. The number of benzene rings is 1. The molecule has 2 N–H and O–H groups in total. The van der Waals surface area contributed by atoms with Crippen LogP contribution in [0.3, 0.4) is 0 Å². The molecule has 0 fully saturated rings. The number of nitrogens with zero attached hydrogens (tertiary/aromatic N) is 4. The fourth-order valence-electron chi connectivity index (χ4n) is 3.18. The highest BCUT2D eigenvalue weighted by molar-refractivity contribution is 7.98. The van der Waals surface area contributed by atoms with E-state index < -0.39 is 11.8 Å². The smallest absolute Gasteiger partial charge is 0.314 e. The van der Waals surface area contributed by atoms with Crippen molar-refractivity contribution in [3.8, 4) is 11.4 Å². The Hall–Kier alpha value is -3.27. The molecule has 2 aromatic heterocycles. The molecule has 0 saturated heterocycles. The zero-order valence-corrected chi connectivity index (χ0v) is 17.3. The number of fused-ring (bicyclic) bond motifs is 1. The second-order valence-electron chi connectivity index (χ2n) is 6.74. The van der Waals surface area contributed by atoms with E-state index >= 15 is 0 Å². The van der Waals surface area contributed by atoms with Crippen LogP contribution in [0.4, 0.5) is 5.82 Å². The van der Waals surface area contributed by atoms with Gasteiger partial charge in [0.1, 0.15) is 11.6 Å². The number of carbonyl (C=O) groups excluding carboxylic acids is 2. The van der Waals surface area contributed by atoms with E-state index in [1.165, 1.54) is 0 Å². The van der Waals surface area contributed by atoms with Gasteiger partial charge in [0.15, 0.2) is 0 Å². The van der Waals surface area contributed by atoms with Gasteiger partial charge in [-0.1, -0.05) is 0 Å². The molecular formula is C20H22N6O3S. The minimum atomic E-state index is -0.702. The number of thioether (sulfide) groups is 1. The minimum Gasteiger partial charge on any atom is -0.497 e. The van der Waals surface area contributed by atoms with Gasteiger partial charge in [-0.3, -0.25) is 9.59 Å². The lowest BCUT2D eigenvalue weighted by molar-refractivity contribution is -0.136. The predicted octanol–water partition coefficient (Wildman–Crippen LogP) is 1.97. The van der Waals surface area contributed by atoms with Crippen molar-refractivity contribution in [1.29, 1.82) is 0 Å². The molecule has 0 aliphatic carbocycles. The third kappa shape index (κ3) is 4.33. The molecular weight excluding hydrogens is 404 g/mol. The van der Waals surface area contributed by atoms with Crippen molar-refractivity contribution in [3.05, 3.63) is 54.2 Å². The van der Waals surface area contributed by atoms with Gasteiger partial charge in [-0.2, -0.15) is 16.9 Å². The molecule has 1 aromatic carbocycles. The van der Waals surface area contributed by atoms with Gasteiger partial charge in [0.25, 0.3) is 0 Å². The Morgan fingerprint density at radius 1 is 1.20 bits per heavy atom. The number of ether oxygens (including phenoxy) is 1. The van der Waals surface area contributed by atoms with Crippen LogP contribution in [0, 0.1) is 0 Å². The Kier molecular flexibility index (Phi) is 6.03. The van der Waals surface area contributed by atoms with Crippen LogP contribution >= 0.6 is 11.8 Å². The molecule has 0 radical (unpaired) electrons. The van der Waals surface area contributed by atoms with Crippen molar-refractivity contribution in [2.24, 2.45) is 0 Å². The fourth-order valence-corrected chi connectivity index (χ4v) is 4.21. The first-order chi connectivity index (χ1) is 14.7. The average molecular weight is 427 g/mol. The quantitative estimate of drug-likeness (QED) is 0.442. The minimum absolute atomic E-state index is 0.399. The van der Waals surface area contributed by atoms with Crippen LogP contribution < -0.4 is 15.4 Å². The second kappa shape index (κ2) is 9.04. The Bertz CT molecular complexity index is 1030. The first-order valence-electron chi connectivity index (χ1n) is 9.53. The molecule has 0 saturated carbocycles. The van der Waals surface area contributed by atoms with Crippen LogP contribution in [0.1, 0.15) is 17.7 Å². The summed E-state index contributed by atoms with van der Waals surface area (Å²) in [6, 6.07) is 7.38. The lowest BCUT2D eigenvalue weighted by atomic mass is 10.2. The highest BCUT2D eigenvalue weighted by atomic mass is 32.2. The van der Waals surface area contributed by atoms with Crippen molar-refractivity contribution < 1.29 is 14.3 Å². The van der Waals surface area contributed by atoms with Gasteiger partial charge in [-0.05, 0) is 30.7 Å². The standard InChI is InChI=1S/C20H22N6O3S/c1-29-15-5-3-14(4-6-15)26-18(16-11-30-12-17(16)24-26)23-20(28)19(27)22-7-2-9-25-10-8-21-13-25/h3-6,8,10,13H,2,7,9,11-12H2,1H3,(H,22,27)(H,23,28). The van der Waals surface area contributed by atoms with Crippen molar-refractivity contribution in [1.82, 2.24) is 24.6 Å². The van der Waals surface area contributed by atoms with Gasteiger partial charge in [0.05, 0.1) is 24.8 Å². The zero-order valence-electron chi connectivity index (χ0n) is 16.5. The number of methoxy groups -OCH3 is 1. The molecule has 0 spiro atoms. The molecule has 9 nitrogen and oxygen atoms in total. The van der Waals surface area contributed by atoms with Crippen LogP contribution in [0.2, 0.25) is 0 Å². The van der Waals surface area contributed by atoms with Crippen molar-refractivity contribution in [3.63, 3.8) is 0 Å². The average Bonchev–Trinajstić information content (AvgIpc) is 3.50. The van der Waals surface area contributed by atoms with Crippen LogP contribution in [0.15, 0.2) is 43.0 Å². The molecule has 156 valence electrons. The molecule has 0 atom stereocenters. The molecule has 0 unspecified atom stereocenters. The topological polar surface area (TPSA) is 103 Å². The van der Waals surface area contributed by atoms with E-state index in [2.05, 4.69) is 20.7 Å². The fraction of sp³-hybridized carbons (Fsp3) is 0.300. The summed E-state index contributed by atoms with van der Waals surface area (Å²) in [6.45, 7) is 1.12. The maximum atomic E-state index is 12.5. The normalized spacial score (nSPS) is 12.4. The van der Waals surface area contributed by atoms with Gasteiger partial charge >= 0.3 is 11.8 Å². The van der Waals surface area contributed by atoms with Gasteiger partial charge < -0.3 is 19.9 Å². The summed E-state index contributed by atoms with van der Waals surface area (Å²) < 4.78 is 8.79. The van der Waals surface area contributed by atoms with E-state index in [9.17, 15) is 9.59 Å². The number of rotatable bonds is 7. The van der Waals surface area contributed by atoms with E-state index in [1.54, 1.807) is 36.1 Å². The lowest BCUT2D eigenvalue weighted by Crippen LogP contribution is -2.36. The van der Waals surface area contributed by atoms with E-state index in [1.807, 2.05) is 35.0 Å². The first-order valence-corrected chi connectivity index (χ1v) is 10.7. The molecule has 0 bridgehead atoms. The SMILES string of the molecule is COc1ccc(-n2nc3c(c2NC(=O)C(=O)NCCCn2ccnc2)CSC3)cc1. The number of amides is 2. The molecule has 1 aliphatic heterocycles. The number of anilines is 1. The number of aromatic nitrogens is 4. The Balaban J connectivity index is 1.42. The van der Waals surface area contributed by atoms with Gasteiger partial charge in [0, 0.05) is 42.6 Å². The van der Waals surface area contributed by atoms with Gasteiger partial charge in [0.2, 0.25) is 0 Å². The van der Waals surface area contributed by atoms with Crippen molar-refractivity contribution >= 4 is 29.4 Å². The molecule has 3 heterocycles. The van der Waals surface area contributed by atoms with E-state index in [-0.39, 0.29) is 0 Å². The summed E-state index contributed by atoms with van der Waals surface area (Å²) in [5.74, 6) is 1.43. The summed E-state index contributed by atoms with van der Waals surface area (Å²) in [5.41, 5.74) is 2.66. The van der Waals surface area contributed by atoms with Gasteiger partial charge in [-0.15, -0.1) is 0 Å². The summed E-state index contributed by atoms with van der Waals surface area (Å²) >= 11 is 1.73. The van der Waals surface area contributed by atoms with E-state index in [4.69, 9.17) is 4.74 Å². The van der Waals surface area contributed by atoms with E-state index in [0.717, 1.165) is 40.7 Å². The summed E-state index contributed by atoms with van der Waals surface area (Å²) in [6.07, 6.45) is 5.97. The Morgan fingerprint density at radius 3 is 2.77 bits per heavy atom. The van der Waals surface area contributed by atoms with E-state index in [0.29, 0.717) is 18.8 Å². The monoisotopic (exact) mass is 426 g/mol.